The zero-order chi connectivity index (χ0) is 19.3. The average molecular weight is 374 g/mol. The number of methoxy groups -OCH3 is 2. The summed E-state index contributed by atoms with van der Waals surface area (Å²) in [6.07, 6.45) is 2.59. The van der Waals surface area contributed by atoms with Crippen LogP contribution in [0, 0.1) is 6.92 Å². The summed E-state index contributed by atoms with van der Waals surface area (Å²) in [7, 11) is 3.35. The molecule has 3 heterocycles. The van der Waals surface area contributed by atoms with E-state index in [-0.39, 0.29) is 0 Å². The van der Waals surface area contributed by atoms with Crippen LogP contribution in [0.15, 0.2) is 36.7 Å². The number of benzene rings is 2. The third-order valence-corrected chi connectivity index (χ3v) is 5.53. The van der Waals surface area contributed by atoms with Crippen molar-refractivity contribution in [1.29, 1.82) is 0 Å². The van der Waals surface area contributed by atoms with Crippen LogP contribution in [0.25, 0.3) is 21.9 Å². The predicted molar refractivity (Wildman–Crippen MR) is 110 cm³/mol. The fourth-order valence-electron chi connectivity index (χ4n) is 4.10. The van der Waals surface area contributed by atoms with Crippen molar-refractivity contribution in [2.75, 3.05) is 25.7 Å². The Morgan fingerprint density at radius 1 is 1.00 bits per heavy atom. The third-order valence-electron chi connectivity index (χ3n) is 5.53. The van der Waals surface area contributed by atoms with Crippen LogP contribution in [0.5, 0.6) is 11.5 Å². The Morgan fingerprint density at radius 3 is 2.57 bits per heavy atom. The van der Waals surface area contributed by atoms with Gasteiger partial charge >= 0.3 is 0 Å². The Morgan fingerprint density at radius 2 is 1.79 bits per heavy atom. The highest BCUT2D eigenvalue weighted by molar-refractivity contribution is 6.08. The van der Waals surface area contributed by atoms with E-state index in [1.54, 1.807) is 20.5 Å². The highest BCUT2D eigenvalue weighted by Crippen LogP contribution is 2.36. The summed E-state index contributed by atoms with van der Waals surface area (Å²) in [5, 5.41) is 1.13. The Labute approximate surface area is 163 Å². The first-order valence-electron chi connectivity index (χ1n) is 9.39. The second-order valence-electron chi connectivity index (χ2n) is 7.24. The minimum atomic E-state index is 0.761. The number of aromatic nitrogens is 3. The summed E-state index contributed by atoms with van der Waals surface area (Å²) in [5.74, 6) is 2.49. The monoisotopic (exact) mass is 374 g/mol. The van der Waals surface area contributed by atoms with E-state index in [1.165, 1.54) is 16.7 Å². The molecule has 1 N–H and O–H groups in total. The van der Waals surface area contributed by atoms with Crippen LogP contribution in [0.1, 0.15) is 16.7 Å². The second kappa shape index (κ2) is 6.41. The standard InChI is InChI=1S/C22H22N4O2/c1-13-4-5-16-17(8-13)25-21-20(16)23-12-24-22(21)26-7-6-14-9-18(27-2)19(28-3)10-15(14)11-26/h4-5,8-10,12,25H,6-7,11H2,1-3H3. The molecule has 142 valence electrons. The van der Waals surface area contributed by atoms with E-state index in [0.717, 1.165) is 58.8 Å². The molecule has 6 heteroatoms. The maximum absolute atomic E-state index is 5.49. The lowest BCUT2D eigenvalue weighted by Gasteiger charge is -2.30. The van der Waals surface area contributed by atoms with Crippen LogP contribution >= 0.6 is 0 Å². The third kappa shape index (κ3) is 2.56. The quantitative estimate of drug-likeness (QED) is 0.587. The van der Waals surface area contributed by atoms with Crippen LogP contribution in [-0.2, 0) is 13.0 Å². The number of nitrogens with zero attached hydrogens (tertiary/aromatic N) is 3. The molecule has 1 aliphatic heterocycles. The van der Waals surface area contributed by atoms with Gasteiger partial charge < -0.3 is 19.4 Å². The summed E-state index contributed by atoms with van der Waals surface area (Å²) in [6, 6.07) is 10.6. The molecule has 0 fully saturated rings. The maximum Gasteiger partial charge on any atom is 0.161 e. The van der Waals surface area contributed by atoms with Gasteiger partial charge in [0.05, 0.1) is 14.2 Å². The SMILES string of the molecule is COc1cc2c(cc1OC)CN(c1ncnc3c1[nH]c1cc(C)ccc13)CC2. The number of H-pyrrole nitrogens is 1. The zero-order valence-electron chi connectivity index (χ0n) is 16.2. The molecule has 0 spiro atoms. The maximum atomic E-state index is 5.49. The molecule has 0 atom stereocenters. The number of rotatable bonds is 3. The molecule has 2 aromatic heterocycles. The van der Waals surface area contributed by atoms with E-state index >= 15 is 0 Å². The molecule has 6 nitrogen and oxygen atoms in total. The summed E-state index contributed by atoms with van der Waals surface area (Å²) in [5.41, 5.74) is 6.82. The molecule has 2 aromatic carbocycles. The molecule has 5 rings (SSSR count). The smallest absolute Gasteiger partial charge is 0.161 e. The number of nitrogens with one attached hydrogen (secondary N) is 1. The summed E-state index contributed by atoms with van der Waals surface area (Å²) >= 11 is 0. The van der Waals surface area contributed by atoms with Gasteiger partial charge in [0.25, 0.3) is 0 Å². The van der Waals surface area contributed by atoms with Crippen LogP contribution in [0.3, 0.4) is 0 Å². The molecule has 0 unspecified atom stereocenters. The molecule has 0 bridgehead atoms. The van der Waals surface area contributed by atoms with Gasteiger partial charge in [0.15, 0.2) is 17.3 Å². The highest BCUT2D eigenvalue weighted by atomic mass is 16.5. The molecule has 0 amide bonds. The van der Waals surface area contributed by atoms with Gasteiger partial charge in [-0.15, -0.1) is 0 Å². The first-order chi connectivity index (χ1) is 13.7. The Hall–Kier alpha value is -3.28. The lowest BCUT2D eigenvalue weighted by atomic mass is 9.98. The van der Waals surface area contributed by atoms with Crippen molar-refractivity contribution in [3.8, 4) is 11.5 Å². The van der Waals surface area contributed by atoms with Crippen LogP contribution in [-0.4, -0.2) is 35.7 Å². The largest absolute Gasteiger partial charge is 0.493 e. The molecule has 0 saturated heterocycles. The lowest BCUT2D eigenvalue weighted by molar-refractivity contribution is 0.353. The van der Waals surface area contributed by atoms with Gasteiger partial charge in [0.2, 0.25) is 0 Å². The van der Waals surface area contributed by atoms with E-state index in [2.05, 4.69) is 57.1 Å². The van der Waals surface area contributed by atoms with Crippen molar-refractivity contribution < 1.29 is 9.47 Å². The first kappa shape index (κ1) is 16.9. The topological polar surface area (TPSA) is 63.3 Å². The Bertz CT molecular complexity index is 1200. The van der Waals surface area contributed by atoms with E-state index < -0.39 is 0 Å². The van der Waals surface area contributed by atoms with Crippen molar-refractivity contribution >= 4 is 27.8 Å². The lowest BCUT2D eigenvalue weighted by Crippen LogP contribution is -2.31. The van der Waals surface area contributed by atoms with Gasteiger partial charge in [0, 0.05) is 24.0 Å². The number of hydrogen-bond donors (Lipinski definition) is 1. The minimum Gasteiger partial charge on any atom is -0.493 e. The van der Waals surface area contributed by atoms with Gasteiger partial charge in [-0.1, -0.05) is 12.1 Å². The van der Waals surface area contributed by atoms with Crippen molar-refractivity contribution in [1.82, 2.24) is 15.0 Å². The number of fused-ring (bicyclic) bond motifs is 4. The van der Waals surface area contributed by atoms with E-state index in [0.29, 0.717) is 0 Å². The van der Waals surface area contributed by atoms with Gasteiger partial charge in [-0.3, -0.25) is 0 Å². The molecule has 4 aromatic rings. The van der Waals surface area contributed by atoms with Crippen LogP contribution < -0.4 is 14.4 Å². The van der Waals surface area contributed by atoms with Crippen LogP contribution in [0.2, 0.25) is 0 Å². The molecular formula is C22H22N4O2. The van der Waals surface area contributed by atoms with Crippen molar-refractivity contribution in [2.45, 2.75) is 19.9 Å². The van der Waals surface area contributed by atoms with Crippen LogP contribution in [0.4, 0.5) is 5.82 Å². The zero-order valence-corrected chi connectivity index (χ0v) is 16.2. The van der Waals surface area contributed by atoms with Gasteiger partial charge in [0.1, 0.15) is 17.4 Å². The summed E-state index contributed by atoms with van der Waals surface area (Å²) in [4.78, 5) is 15.0. The molecule has 0 aliphatic carbocycles. The van der Waals surface area contributed by atoms with E-state index in [1.807, 2.05) is 0 Å². The molecular weight excluding hydrogens is 352 g/mol. The highest BCUT2D eigenvalue weighted by Gasteiger charge is 2.23. The van der Waals surface area contributed by atoms with Gasteiger partial charge in [-0.25, -0.2) is 9.97 Å². The number of aromatic amines is 1. The van der Waals surface area contributed by atoms with Crippen molar-refractivity contribution in [2.24, 2.45) is 0 Å². The number of aryl methyl sites for hydroxylation is 1. The van der Waals surface area contributed by atoms with Crippen molar-refractivity contribution in [3.05, 3.63) is 53.3 Å². The Balaban J connectivity index is 1.59. The molecule has 1 aliphatic rings. The number of anilines is 1. The van der Waals surface area contributed by atoms with Crippen molar-refractivity contribution in [3.63, 3.8) is 0 Å². The Kier molecular flexibility index (Phi) is 3.86. The normalized spacial score (nSPS) is 13.8. The van der Waals surface area contributed by atoms with E-state index in [4.69, 9.17) is 9.47 Å². The van der Waals surface area contributed by atoms with Gasteiger partial charge in [-0.05, 0) is 48.2 Å². The average Bonchev–Trinajstić information content (AvgIpc) is 3.09. The fourth-order valence-corrected chi connectivity index (χ4v) is 4.10. The molecule has 0 radical (unpaired) electrons. The summed E-state index contributed by atoms with van der Waals surface area (Å²) in [6.45, 7) is 3.76. The van der Waals surface area contributed by atoms with E-state index in [9.17, 15) is 0 Å². The number of ether oxygens (including phenoxy) is 2. The molecule has 0 saturated carbocycles. The number of hydrogen-bond acceptors (Lipinski definition) is 5. The fraction of sp³-hybridized carbons (Fsp3) is 0.273. The second-order valence-corrected chi connectivity index (χ2v) is 7.24. The summed E-state index contributed by atoms with van der Waals surface area (Å²) < 4.78 is 10.9. The first-order valence-corrected chi connectivity index (χ1v) is 9.39. The predicted octanol–water partition coefficient (Wildman–Crippen LogP) is 4.00. The minimum absolute atomic E-state index is 0.761. The molecule has 28 heavy (non-hydrogen) atoms. The van der Waals surface area contributed by atoms with Gasteiger partial charge in [-0.2, -0.15) is 0 Å².